The first-order valence-corrected chi connectivity index (χ1v) is 9.38. The first-order chi connectivity index (χ1) is 12.8. The van der Waals surface area contributed by atoms with E-state index in [1.54, 1.807) is 7.05 Å². The highest BCUT2D eigenvalue weighted by atomic mass is 16.2. The van der Waals surface area contributed by atoms with Gasteiger partial charge < -0.3 is 20.9 Å². The lowest BCUT2D eigenvalue weighted by molar-refractivity contribution is -0.131. The third-order valence-corrected chi connectivity index (χ3v) is 4.21. The molecule has 1 aromatic rings. The highest BCUT2D eigenvalue weighted by Gasteiger charge is 2.22. The molecule has 148 valence electrons. The molecular formula is C20H31N5O2. The monoisotopic (exact) mass is 373 g/mol. The zero-order valence-corrected chi connectivity index (χ0v) is 16.8. The van der Waals surface area contributed by atoms with Crippen LogP contribution in [0.1, 0.15) is 44.7 Å². The molecule has 3 N–H and O–H groups in total. The summed E-state index contributed by atoms with van der Waals surface area (Å²) in [6.45, 7) is 7.99. The average Bonchev–Trinajstić information content (AvgIpc) is 3.03. The summed E-state index contributed by atoms with van der Waals surface area (Å²) in [5, 5.41) is 9.00. The minimum atomic E-state index is -0.259. The summed E-state index contributed by atoms with van der Waals surface area (Å²) in [6.07, 6.45) is 1.20. The number of carbonyl (C=O) groups is 2. The lowest BCUT2D eigenvalue weighted by Gasteiger charge is -2.21. The van der Waals surface area contributed by atoms with Crippen molar-refractivity contribution in [2.24, 2.45) is 4.99 Å². The van der Waals surface area contributed by atoms with E-state index in [2.05, 4.69) is 33.1 Å². The Bertz CT molecular complexity index is 669. The number of benzene rings is 1. The normalized spacial score (nSPS) is 13.9. The second-order valence-electron chi connectivity index (χ2n) is 7.77. The first kappa shape index (κ1) is 20.7. The van der Waals surface area contributed by atoms with Gasteiger partial charge in [0.25, 0.3) is 0 Å². The molecule has 1 aliphatic rings. The fourth-order valence-electron chi connectivity index (χ4n) is 2.96. The van der Waals surface area contributed by atoms with Gasteiger partial charge in [0.2, 0.25) is 11.8 Å². The van der Waals surface area contributed by atoms with Crippen LogP contribution in [0.5, 0.6) is 0 Å². The molecule has 0 fully saturated rings. The second-order valence-corrected chi connectivity index (χ2v) is 7.77. The Labute approximate surface area is 161 Å². The van der Waals surface area contributed by atoms with Crippen LogP contribution in [-0.2, 0) is 22.7 Å². The third kappa shape index (κ3) is 6.92. The maximum Gasteiger partial charge on any atom is 0.239 e. The predicted molar refractivity (Wildman–Crippen MR) is 107 cm³/mol. The summed E-state index contributed by atoms with van der Waals surface area (Å²) < 4.78 is 0. The van der Waals surface area contributed by atoms with Crippen molar-refractivity contribution in [1.29, 1.82) is 0 Å². The molecule has 27 heavy (non-hydrogen) atoms. The zero-order valence-electron chi connectivity index (χ0n) is 16.8. The van der Waals surface area contributed by atoms with Gasteiger partial charge in [0, 0.05) is 38.6 Å². The van der Waals surface area contributed by atoms with Crippen molar-refractivity contribution in [2.45, 2.75) is 52.2 Å². The number of guanidine groups is 1. The summed E-state index contributed by atoms with van der Waals surface area (Å²) in [6, 6.07) is 8.18. The Morgan fingerprint density at radius 3 is 2.30 bits per heavy atom. The van der Waals surface area contributed by atoms with Gasteiger partial charge in [0.15, 0.2) is 5.96 Å². The van der Waals surface area contributed by atoms with Gasteiger partial charge in [0.05, 0.1) is 6.54 Å². The van der Waals surface area contributed by atoms with E-state index >= 15 is 0 Å². The van der Waals surface area contributed by atoms with Gasteiger partial charge in [-0.15, -0.1) is 0 Å². The van der Waals surface area contributed by atoms with Gasteiger partial charge in [-0.1, -0.05) is 24.3 Å². The number of hydrogen-bond acceptors (Lipinski definition) is 3. The Morgan fingerprint density at radius 2 is 1.74 bits per heavy atom. The van der Waals surface area contributed by atoms with E-state index in [-0.39, 0.29) is 23.9 Å². The topological polar surface area (TPSA) is 85.8 Å². The van der Waals surface area contributed by atoms with Crippen LogP contribution in [0.4, 0.5) is 0 Å². The van der Waals surface area contributed by atoms with Crippen molar-refractivity contribution >= 4 is 17.8 Å². The Morgan fingerprint density at radius 1 is 1.11 bits per heavy atom. The summed E-state index contributed by atoms with van der Waals surface area (Å²) in [5.41, 5.74) is 2.22. The number of nitrogens with one attached hydrogen (secondary N) is 3. The molecule has 1 aliphatic heterocycles. The number of carbonyl (C=O) groups excluding carboxylic acids is 2. The van der Waals surface area contributed by atoms with Crippen LogP contribution in [0.3, 0.4) is 0 Å². The molecule has 2 rings (SSSR count). The quantitative estimate of drug-likeness (QED) is 0.400. The maximum absolute atomic E-state index is 12.4. The van der Waals surface area contributed by atoms with Crippen LogP contribution >= 0.6 is 0 Å². The van der Waals surface area contributed by atoms with Crippen molar-refractivity contribution in [1.82, 2.24) is 20.9 Å². The van der Waals surface area contributed by atoms with E-state index in [4.69, 9.17) is 0 Å². The minimum absolute atomic E-state index is 0.0887. The highest BCUT2D eigenvalue weighted by Crippen LogP contribution is 2.22. The predicted octanol–water partition coefficient (Wildman–Crippen LogP) is 1.39. The van der Waals surface area contributed by atoms with Crippen molar-refractivity contribution in [2.75, 3.05) is 20.1 Å². The van der Waals surface area contributed by atoms with Crippen LogP contribution in [0.2, 0.25) is 0 Å². The first-order valence-electron chi connectivity index (χ1n) is 9.38. The lowest BCUT2D eigenvalue weighted by Crippen LogP contribution is -2.48. The smallest absolute Gasteiger partial charge is 0.239 e. The molecule has 0 saturated carbocycles. The minimum Gasteiger partial charge on any atom is -0.356 e. The molecule has 7 heteroatoms. The van der Waals surface area contributed by atoms with Crippen LogP contribution < -0.4 is 16.0 Å². The average molecular weight is 374 g/mol. The Kier molecular flexibility index (Phi) is 7.21. The molecule has 0 aliphatic carbocycles. The fraction of sp³-hybridized carbons (Fsp3) is 0.550. The molecule has 0 aromatic heterocycles. The van der Waals surface area contributed by atoms with Gasteiger partial charge in [0.1, 0.15) is 0 Å². The molecule has 1 heterocycles. The van der Waals surface area contributed by atoms with Crippen LogP contribution in [0.15, 0.2) is 29.3 Å². The molecule has 0 unspecified atom stereocenters. The molecule has 0 bridgehead atoms. The Hall–Kier alpha value is -2.57. The standard InChI is InChI=1S/C20H31N5O2/c1-20(2,3)24-17(26)12-23-19(21-4)22-11-7-10-18(27)25-13-15-8-5-6-9-16(15)14-25/h5-6,8-9H,7,10-14H2,1-4H3,(H,24,26)(H2,21,22,23). The maximum atomic E-state index is 12.4. The third-order valence-electron chi connectivity index (χ3n) is 4.21. The van der Waals surface area contributed by atoms with E-state index in [0.717, 1.165) is 0 Å². The van der Waals surface area contributed by atoms with Gasteiger partial charge in [-0.25, -0.2) is 0 Å². The van der Waals surface area contributed by atoms with Crippen molar-refractivity contribution in [3.8, 4) is 0 Å². The summed E-state index contributed by atoms with van der Waals surface area (Å²) >= 11 is 0. The molecule has 0 spiro atoms. The zero-order chi connectivity index (χ0) is 19.9. The van der Waals surface area contributed by atoms with Gasteiger partial charge in [-0.3, -0.25) is 14.6 Å². The number of rotatable bonds is 6. The van der Waals surface area contributed by atoms with Crippen molar-refractivity contribution < 1.29 is 9.59 Å². The summed E-state index contributed by atoms with van der Waals surface area (Å²) in [7, 11) is 1.66. The van der Waals surface area contributed by atoms with Gasteiger partial charge in [-0.2, -0.15) is 0 Å². The fourth-order valence-corrected chi connectivity index (χ4v) is 2.96. The Balaban J connectivity index is 1.64. The number of nitrogens with zero attached hydrogens (tertiary/aromatic N) is 2. The number of amides is 2. The molecule has 1 aromatic carbocycles. The van der Waals surface area contributed by atoms with E-state index in [0.29, 0.717) is 38.4 Å². The summed E-state index contributed by atoms with van der Waals surface area (Å²) in [5.74, 6) is 0.634. The molecule has 0 atom stereocenters. The van der Waals surface area contributed by atoms with E-state index in [1.165, 1.54) is 11.1 Å². The molecule has 0 radical (unpaired) electrons. The van der Waals surface area contributed by atoms with E-state index in [1.807, 2.05) is 37.8 Å². The second kappa shape index (κ2) is 9.39. The molecule has 2 amide bonds. The number of fused-ring (bicyclic) bond motifs is 1. The lowest BCUT2D eigenvalue weighted by atomic mass is 10.1. The van der Waals surface area contributed by atoms with E-state index < -0.39 is 0 Å². The molecule has 0 saturated heterocycles. The van der Waals surface area contributed by atoms with Crippen molar-refractivity contribution in [3.63, 3.8) is 0 Å². The van der Waals surface area contributed by atoms with Crippen LogP contribution in [0.25, 0.3) is 0 Å². The number of hydrogen-bond donors (Lipinski definition) is 3. The number of aliphatic imine (C=N–C) groups is 1. The van der Waals surface area contributed by atoms with Gasteiger partial charge >= 0.3 is 0 Å². The van der Waals surface area contributed by atoms with Crippen molar-refractivity contribution in [3.05, 3.63) is 35.4 Å². The highest BCUT2D eigenvalue weighted by molar-refractivity contribution is 5.86. The van der Waals surface area contributed by atoms with Crippen LogP contribution in [0, 0.1) is 0 Å². The largest absolute Gasteiger partial charge is 0.356 e. The molecular weight excluding hydrogens is 342 g/mol. The SMILES string of the molecule is CN=C(NCCCC(=O)N1Cc2ccccc2C1)NCC(=O)NC(C)(C)C. The van der Waals surface area contributed by atoms with Gasteiger partial charge in [-0.05, 0) is 38.3 Å². The summed E-state index contributed by atoms with van der Waals surface area (Å²) in [4.78, 5) is 30.2. The van der Waals surface area contributed by atoms with E-state index in [9.17, 15) is 9.59 Å². The molecule has 7 nitrogen and oxygen atoms in total. The van der Waals surface area contributed by atoms with Crippen LogP contribution in [-0.4, -0.2) is 48.3 Å².